The summed E-state index contributed by atoms with van der Waals surface area (Å²) >= 11 is 0. The minimum atomic E-state index is -1.42. The Morgan fingerprint density at radius 2 is 1.87 bits per heavy atom. The number of aliphatic imine (C=N–C) groups is 1. The predicted octanol–water partition coefficient (Wildman–Crippen LogP) is 5.84. The van der Waals surface area contributed by atoms with E-state index in [-0.39, 0.29) is 23.5 Å². The topological polar surface area (TPSA) is 131 Å². The molecule has 1 atom stereocenters. The molecule has 0 saturated heterocycles. The number of nitrogens with zero attached hydrogens (tertiary/aromatic N) is 5. The Balaban J connectivity index is 1.66. The summed E-state index contributed by atoms with van der Waals surface area (Å²) in [6.45, 7) is 9.47. The maximum absolute atomic E-state index is 13.7. The number of fused-ring (bicyclic) bond motifs is 1. The number of hydrogen-bond donors (Lipinski definition) is 3. The van der Waals surface area contributed by atoms with E-state index in [4.69, 9.17) is 15.8 Å². The molecule has 39 heavy (non-hydrogen) atoms. The maximum Gasteiger partial charge on any atom is 0.433 e. The van der Waals surface area contributed by atoms with Gasteiger partial charge in [0.25, 0.3) is 0 Å². The molecule has 2 aromatic heterocycles. The molecule has 5 rings (SSSR count). The molecule has 2 fully saturated rings. The Morgan fingerprint density at radius 1 is 1.18 bits per heavy atom. The molecule has 0 radical (unpaired) electrons. The van der Waals surface area contributed by atoms with Gasteiger partial charge in [0, 0.05) is 18.2 Å². The fraction of sp³-hybridized carbons (Fsp3) is 0.483. The number of carboxylic acid groups (broad SMARTS) is 1. The van der Waals surface area contributed by atoms with E-state index in [2.05, 4.69) is 45.3 Å². The second kappa shape index (κ2) is 11.1. The number of imidazole rings is 1. The van der Waals surface area contributed by atoms with Crippen LogP contribution in [0.4, 0.5) is 15.0 Å². The highest BCUT2D eigenvalue weighted by Gasteiger charge is 2.29. The molecule has 206 valence electrons. The van der Waals surface area contributed by atoms with E-state index in [0.29, 0.717) is 41.2 Å². The second-order valence-corrected chi connectivity index (χ2v) is 11.1. The first-order valence-electron chi connectivity index (χ1n) is 13.8. The first-order valence-corrected chi connectivity index (χ1v) is 13.8. The van der Waals surface area contributed by atoms with Gasteiger partial charge in [0.2, 0.25) is 0 Å². The van der Waals surface area contributed by atoms with Crippen LogP contribution in [0.15, 0.2) is 35.8 Å². The summed E-state index contributed by atoms with van der Waals surface area (Å²) in [4.78, 5) is 28.8. The smallest absolute Gasteiger partial charge is 0.433 e. The van der Waals surface area contributed by atoms with Gasteiger partial charge in [0.15, 0.2) is 23.1 Å². The average Bonchev–Trinajstić information content (AvgIpc) is 3.22. The maximum atomic E-state index is 13.7. The fourth-order valence-electron chi connectivity index (χ4n) is 5.64. The summed E-state index contributed by atoms with van der Waals surface area (Å²) in [6, 6.07) is 6.34. The zero-order valence-corrected chi connectivity index (χ0v) is 22.5. The number of amides is 1. The van der Waals surface area contributed by atoms with Crippen molar-refractivity contribution < 1.29 is 14.3 Å². The van der Waals surface area contributed by atoms with Gasteiger partial charge in [-0.05, 0) is 68.1 Å². The van der Waals surface area contributed by atoms with Crippen molar-refractivity contribution in [2.45, 2.75) is 71.4 Å². The minimum Gasteiger partial charge on any atom is -0.463 e. The van der Waals surface area contributed by atoms with E-state index >= 15 is 0 Å². The van der Waals surface area contributed by atoms with Gasteiger partial charge in [-0.3, -0.25) is 0 Å². The van der Waals surface area contributed by atoms with Crippen LogP contribution >= 0.6 is 0 Å². The highest BCUT2D eigenvalue weighted by molar-refractivity contribution is 6.02. The molecule has 1 unspecified atom stereocenters. The first kappa shape index (κ1) is 26.8. The molecule has 2 aliphatic rings. The lowest BCUT2D eigenvalue weighted by molar-refractivity contribution is 0.205. The third-order valence-corrected chi connectivity index (χ3v) is 8.31. The fourth-order valence-corrected chi connectivity index (χ4v) is 5.64. The number of amidine groups is 1. The molecule has 2 aliphatic carbocycles. The van der Waals surface area contributed by atoms with E-state index in [1.165, 1.54) is 31.4 Å². The molecule has 2 heterocycles. The van der Waals surface area contributed by atoms with E-state index < -0.39 is 6.09 Å². The first-order chi connectivity index (χ1) is 18.7. The average molecular weight is 534 g/mol. The van der Waals surface area contributed by atoms with Crippen LogP contribution in [0.3, 0.4) is 0 Å². The summed E-state index contributed by atoms with van der Waals surface area (Å²) in [5.41, 5.74) is 8.49. The third-order valence-electron chi connectivity index (χ3n) is 8.31. The molecule has 3 aromatic rings. The van der Waals surface area contributed by atoms with Crippen LogP contribution in [0.1, 0.15) is 76.0 Å². The van der Waals surface area contributed by atoms with Crippen LogP contribution in [0.2, 0.25) is 0 Å². The van der Waals surface area contributed by atoms with Gasteiger partial charge in [-0.2, -0.15) is 4.99 Å². The van der Waals surface area contributed by atoms with E-state index in [9.17, 15) is 9.18 Å². The summed E-state index contributed by atoms with van der Waals surface area (Å²) in [5.74, 6) is 2.25. The molecule has 10 heteroatoms. The second-order valence-electron chi connectivity index (χ2n) is 11.1. The van der Waals surface area contributed by atoms with Crippen molar-refractivity contribution in [1.29, 1.82) is 0 Å². The van der Waals surface area contributed by atoms with Gasteiger partial charge in [0.05, 0.1) is 0 Å². The Hall–Kier alpha value is -3.82. The van der Waals surface area contributed by atoms with Gasteiger partial charge in [-0.15, -0.1) is 0 Å². The van der Waals surface area contributed by atoms with Crippen LogP contribution in [0.25, 0.3) is 16.7 Å². The van der Waals surface area contributed by atoms with E-state index in [1.807, 2.05) is 0 Å². The van der Waals surface area contributed by atoms with Crippen molar-refractivity contribution in [3.05, 3.63) is 53.9 Å². The van der Waals surface area contributed by atoms with Crippen LogP contribution in [0, 0.1) is 23.6 Å². The van der Waals surface area contributed by atoms with Gasteiger partial charge in [0.1, 0.15) is 17.2 Å². The monoisotopic (exact) mass is 533 g/mol. The molecular formula is C29H36FN7O2. The number of hydrogen-bond acceptors (Lipinski definition) is 5. The lowest BCUT2D eigenvalue weighted by atomic mass is 9.80. The number of nitrogens with two attached hydrogens (primary N) is 1. The number of halogens is 1. The van der Waals surface area contributed by atoms with Gasteiger partial charge < -0.3 is 20.7 Å². The van der Waals surface area contributed by atoms with Crippen molar-refractivity contribution in [3.63, 3.8) is 0 Å². The summed E-state index contributed by atoms with van der Waals surface area (Å²) in [5, 5.41) is 12.7. The minimum absolute atomic E-state index is 0.00305. The van der Waals surface area contributed by atoms with Gasteiger partial charge in [-0.25, -0.2) is 24.1 Å². The number of anilines is 1. The van der Waals surface area contributed by atoms with Gasteiger partial charge >= 0.3 is 6.09 Å². The quantitative estimate of drug-likeness (QED) is 0.245. The van der Waals surface area contributed by atoms with E-state index in [0.717, 1.165) is 42.7 Å². The molecule has 2 saturated carbocycles. The normalized spacial score (nSPS) is 20.9. The van der Waals surface area contributed by atoms with Crippen molar-refractivity contribution in [2.24, 2.45) is 28.5 Å². The van der Waals surface area contributed by atoms with Crippen LogP contribution in [-0.2, 0) is 6.54 Å². The molecular weight excluding hydrogens is 497 g/mol. The standard InChI is InChI=1S/C29H36FN7O2/c1-16-7-9-19(10-8-16)15-37-23-25(32-18(3)21-5-4-6-21)34-27(24(31)33-29(38)39)35-26(23)36-28(37)17(2)20-11-13-22(30)14-12-20/h11-14,16,18-19,21H,2,4-10,15H2,1,3H3,(H2,31,33)(H,38,39)(H,32,34,35). The van der Waals surface area contributed by atoms with Crippen molar-refractivity contribution in [3.8, 4) is 0 Å². The summed E-state index contributed by atoms with van der Waals surface area (Å²) in [7, 11) is 0. The number of rotatable bonds is 8. The molecule has 1 aromatic carbocycles. The summed E-state index contributed by atoms with van der Waals surface area (Å²) in [6.07, 6.45) is 6.66. The Bertz CT molecular complexity index is 1400. The third kappa shape index (κ3) is 5.79. The zero-order valence-electron chi connectivity index (χ0n) is 22.5. The lowest BCUT2D eigenvalue weighted by Crippen LogP contribution is -2.32. The lowest BCUT2D eigenvalue weighted by Gasteiger charge is -2.32. The zero-order chi connectivity index (χ0) is 27.7. The van der Waals surface area contributed by atoms with Gasteiger partial charge in [-0.1, -0.05) is 44.9 Å². The molecule has 0 bridgehead atoms. The van der Waals surface area contributed by atoms with Crippen LogP contribution in [-0.4, -0.2) is 42.6 Å². The number of aromatic nitrogens is 4. The number of carbonyl (C=O) groups is 1. The van der Waals surface area contributed by atoms with Crippen molar-refractivity contribution in [2.75, 3.05) is 5.32 Å². The molecule has 9 nitrogen and oxygen atoms in total. The highest BCUT2D eigenvalue weighted by Crippen LogP contribution is 2.36. The molecule has 0 aliphatic heterocycles. The Labute approximate surface area is 227 Å². The Morgan fingerprint density at radius 3 is 2.49 bits per heavy atom. The molecule has 4 N–H and O–H groups in total. The summed E-state index contributed by atoms with van der Waals surface area (Å²) < 4.78 is 15.8. The predicted molar refractivity (Wildman–Crippen MR) is 150 cm³/mol. The van der Waals surface area contributed by atoms with Crippen LogP contribution in [0.5, 0.6) is 0 Å². The van der Waals surface area contributed by atoms with Crippen LogP contribution < -0.4 is 11.1 Å². The van der Waals surface area contributed by atoms with Crippen molar-refractivity contribution >= 4 is 34.5 Å². The molecule has 1 amide bonds. The number of benzene rings is 1. The van der Waals surface area contributed by atoms with E-state index in [1.54, 1.807) is 12.1 Å². The largest absolute Gasteiger partial charge is 0.463 e. The van der Waals surface area contributed by atoms with Crippen molar-refractivity contribution in [1.82, 2.24) is 19.5 Å². The number of nitrogens with one attached hydrogen (secondary N) is 1. The SMILES string of the molecule is C=C(c1ccc(F)cc1)c1nc2nc(C(N)=NC(=O)O)nc(NC(C)C3CCC3)c2n1CC1CCC(C)CC1. The highest BCUT2D eigenvalue weighted by atomic mass is 19.1. The Kier molecular flexibility index (Phi) is 7.63. The molecule has 0 spiro atoms.